The van der Waals surface area contributed by atoms with Gasteiger partial charge in [-0.3, -0.25) is 4.79 Å². The number of methoxy groups -OCH3 is 1. The lowest BCUT2D eigenvalue weighted by Gasteiger charge is -2.39. The van der Waals surface area contributed by atoms with Crippen LogP contribution in [0.15, 0.2) is 35.2 Å². The number of hydrogen-bond acceptors (Lipinski definition) is 7. The lowest BCUT2D eigenvalue weighted by atomic mass is 9.65. The Morgan fingerprint density at radius 3 is 2.38 bits per heavy atom. The van der Waals surface area contributed by atoms with E-state index < -0.39 is 50.3 Å². The summed E-state index contributed by atoms with van der Waals surface area (Å²) in [7, 11) is -1.90. The van der Waals surface area contributed by atoms with E-state index in [1.807, 2.05) is 6.92 Å². The Morgan fingerprint density at radius 1 is 1.15 bits per heavy atom. The molecule has 0 radical (unpaired) electrons. The van der Waals surface area contributed by atoms with Gasteiger partial charge in [0.2, 0.25) is 0 Å². The SMILES string of the molecule is COc1c(F)c(C2(C)CCC2)cc(C)c1Oc1nnc(C(F)(F)F)c(C)c1C(=O)Nc1cccc(S(C)(=N)=O)c1. The van der Waals surface area contributed by atoms with Gasteiger partial charge in [0.05, 0.1) is 16.8 Å². The van der Waals surface area contributed by atoms with E-state index in [9.17, 15) is 22.2 Å². The fourth-order valence-electron chi connectivity index (χ4n) is 4.69. The van der Waals surface area contributed by atoms with Gasteiger partial charge in [-0.05, 0) is 73.1 Å². The summed E-state index contributed by atoms with van der Waals surface area (Å²) in [5.74, 6) is -2.72. The number of aryl methyl sites for hydroxylation is 1. The van der Waals surface area contributed by atoms with Gasteiger partial charge in [-0.1, -0.05) is 19.4 Å². The molecular weight excluding hydrogens is 552 g/mol. The zero-order valence-corrected chi connectivity index (χ0v) is 23.3. The number of amides is 1. The summed E-state index contributed by atoms with van der Waals surface area (Å²) in [4.78, 5) is 13.5. The van der Waals surface area contributed by atoms with Crippen LogP contribution >= 0.6 is 0 Å². The van der Waals surface area contributed by atoms with Crippen molar-refractivity contribution in [1.29, 1.82) is 4.78 Å². The third-order valence-corrected chi connectivity index (χ3v) is 8.25. The molecule has 4 rings (SSSR count). The molecule has 2 aromatic carbocycles. The fourth-order valence-corrected chi connectivity index (χ4v) is 5.38. The highest BCUT2D eigenvalue weighted by molar-refractivity contribution is 7.91. The van der Waals surface area contributed by atoms with Crippen molar-refractivity contribution in [3.63, 3.8) is 0 Å². The zero-order valence-electron chi connectivity index (χ0n) is 22.5. The monoisotopic (exact) mass is 580 g/mol. The highest BCUT2D eigenvalue weighted by Gasteiger charge is 2.40. The van der Waals surface area contributed by atoms with E-state index in [0.717, 1.165) is 26.2 Å². The maximum Gasteiger partial charge on any atom is 0.435 e. The summed E-state index contributed by atoms with van der Waals surface area (Å²) >= 11 is 0. The van der Waals surface area contributed by atoms with E-state index in [1.54, 1.807) is 13.0 Å². The summed E-state index contributed by atoms with van der Waals surface area (Å²) in [6.45, 7) is 4.61. The predicted octanol–water partition coefficient (Wildman–Crippen LogP) is 6.78. The molecule has 1 aromatic heterocycles. The maximum atomic E-state index is 15.6. The van der Waals surface area contributed by atoms with Crippen LogP contribution in [0.1, 0.15) is 58.9 Å². The molecule has 1 heterocycles. The number of halogens is 4. The second kappa shape index (κ2) is 10.3. The second-order valence-electron chi connectivity index (χ2n) is 10.1. The number of hydrogen-bond donors (Lipinski definition) is 2. The van der Waals surface area contributed by atoms with E-state index in [1.165, 1.54) is 37.6 Å². The summed E-state index contributed by atoms with van der Waals surface area (Å²) in [6.07, 6.45) is -1.21. The molecule has 0 saturated heterocycles. The normalized spacial score (nSPS) is 16.0. The van der Waals surface area contributed by atoms with E-state index >= 15 is 4.39 Å². The van der Waals surface area contributed by atoms with Crippen LogP contribution in [0.3, 0.4) is 0 Å². The van der Waals surface area contributed by atoms with Gasteiger partial charge in [0.25, 0.3) is 11.8 Å². The minimum absolute atomic E-state index is 0.0814. The molecule has 214 valence electrons. The molecule has 13 heteroatoms. The molecule has 3 aromatic rings. The van der Waals surface area contributed by atoms with Gasteiger partial charge in [-0.25, -0.2) is 13.4 Å². The van der Waals surface area contributed by atoms with Gasteiger partial charge in [-0.2, -0.15) is 13.2 Å². The van der Waals surface area contributed by atoms with Crippen LogP contribution in [-0.4, -0.2) is 33.7 Å². The third kappa shape index (κ3) is 5.47. The first-order chi connectivity index (χ1) is 18.6. The number of nitrogens with zero attached hydrogens (tertiary/aromatic N) is 2. The zero-order chi connectivity index (χ0) is 29.6. The Bertz CT molecular complexity index is 1600. The Hall–Kier alpha value is -3.74. The molecule has 1 saturated carbocycles. The summed E-state index contributed by atoms with van der Waals surface area (Å²) in [5, 5.41) is 9.26. The number of nitrogens with one attached hydrogen (secondary N) is 2. The van der Waals surface area contributed by atoms with Crippen molar-refractivity contribution in [2.75, 3.05) is 18.7 Å². The van der Waals surface area contributed by atoms with E-state index in [4.69, 9.17) is 14.3 Å². The van der Waals surface area contributed by atoms with Crippen molar-refractivity contribution in [2.45, 2.75) is 56.5 Å². The average Bonchev–Trinajstić information content (AvgIpc) is 2.83. The number of aromatic nitrogens is 2. The minimum Gasteiger partial charge on any atom is -0.490 e. The molecule has 0 spiro atoms. The van der Waals surface area contributed by atoms with Crippen molar-refractivity contribution in [3.05, 3.63) is 64.1 Å². The van der Waals surface area contributed by atoms with Crippen LogP contribution in [0, 0.1) is 24.4 Å². The van der Waals surface area contributed by atoms with Gasteiger partial charge >= 0.3 is 6.18 Å². The number of carbonyl (C=O) groups excluding carboxylic acids is 1. The van der Waals surface area contributed by atoms with Crippen LogP contribution < -0.4 is 14.8 Å². The van der Waals surface area contributed by atoms with Crippen molar-refractivity contribution < 1.29 is 36.0 Å². The Kier molecular flexibility index (Phi) is 7.56. The molecule has 1 atom stereocenters. The van der Waals surface area contributed by atoms with Gasteiger partial charge in [0.1, 0.15) is 5.56 Å². The molecule has 0 bridgehead atoms. The number of benzene rings is 2. The molecule has 8 nitrogen and oxygen atoms in total. The van der Waals surface area contributed by atoms with Crippen molar-refractivity contribution >= 4 is 21.3 Å². The molecule has 1 unspecified atom stereocenters. The van der Waals surface area contributed by atoms with Crippen molar-refractivity contribution in [3.8, 4) is 17.4 Å². The number of rotatable bonds is 7. The highest BCUT2D eigenvalue weighted by Crippen LogP contribution is 2.49. The van der Waals surface area contributed by atoms with Crippen LogP contribution in [0.5, 0.6) is 17.4 Å². The molecule has 0 aliphatic heterocycles. The minimum atomic E-state index is -4.93. The number of alkyl halides is 3. The maximum absolute atomic E-state index is 15.6. The van der Waals surface area contributed by atoms with Crippen LogP contribution in [0.4, 0.5) is 23.2 Å². The summed E-state index contributed by atoms with van der Waals surface area (Å²) in [6, 6.07) is 7.18. The fraction of sp³-hybridized carbons (Fsp3) is 0.370. The van der Waals surface area contributed by atoms with Crippen LogP contribution in [0.25, 0.3) is 0 Å². The third-order valence-electron chi connectivity index (χ3n) is 7.09. The molecule has 2 N–H and O–H groups in total. The number of ether oxygens (including phenoxy) is 2. The molecule has 1 aliphatic rings. The first kappa shape index (κ1) is 29.2. The number of carbonyl (C=O) groups is 1. The van der Waals surface area contributed by atoms with E-state index in [0.29, 0.717) is 11.1 Å². The van der Waals surface area contributed by atoms with Crippen molar-refractivity contribution in [1.82, 2.24) is 10.2 Å². The molecule has 1 aliphatic carbocycles. The molecular formula is C27H28F4N4O4S. The Balaban J connectivity index is 1.82. The average molecular weight is 581 g/mol. The predicted molar refractivity (Wildman–Crippen MR) is 140 cm³/mol. The Labute approximate surface area is 229 Å². The van der Waals surface area contributed by atoms with Gasteiger partial charge in [-0.15, -0.1) is 10.2 Å². The molecule has 40 heavy (non-hydrogen) atoms. The van der Waals surface area contributed by atoms with Gasteiger partial charge in [0, 0.05) is 16.8 Å². The lowest BCUT2D eigenvalue weighted by molar-refractivity contribution is -0.142. The van der Waals surface area contributed by atoms with Crippen LogP contribution in [0.2, 0.25) is 0 Å². The standard InChI is InChI=1S/C27H28F4N4O4S/c1-14-12-18(26(3)10-7-11-26)20(28)22(38-4)21(14)39-25-19(15(2)23(34-35-25)27(29,30)31)24(36)33-16-8-6-9-17(13-16)40(5,32)37/h6,8-9,12-13,32H,7,10-11H2,1-5H3,(H,33,36). The second-order valence-corrected chi connectivity index (χ2v) is 12.3. The largest absolute Gasteiger partial charge is 0.490 e. The quantitative estimate of drug-likeness (QED) is 0.298. The number of anilines is 1. The molecule has 1 amide bonds. The van der Waals surface area contributed by atoms with Crippen LogP contribution in [-0.2, 0) is 21.3 Å². The highest BCUT2D eigenvalue weighted by atomic mass is 32.2. The Morgan fingerprint density at radius 2 is 1.82 bits per heavy atom. The van der Waals surface area contributed by atoms with Gasteiger partial charge in [0.15, 0.2) is 23.0 Å². The van der Waals surface area contributed by atoms with E-state index in [-0.39, 0.29) is 27.5 Å². The van der Waals surface area contributed by atoms with Crippen molar-refractivity contribution in [2.24, 2.45) is 0 Å². The first-order valence-corrected chi connectivity index (χ1v) is 14.2. The molecule has 1 fully saturated rings. The summed E-state index contributed by atoms with van der Waals surface area (Å²) < 4.78 is 87.7. The summed E-state index contributed by atoms with van der Waals surface area (Å²) in [5.41, 5.74) is -1.99. The lowest BCUT2D eigenvalue weighted by Crippen LogP contribution is -2.31. The van der Waals surface area contributed by atoms with E-state index in [2.05, 4.69) is 15.5 Å². The van der Waals surface area contributed by atoms with Gasteiger partial charge < -0.3 is 14.8 Å². The smallest absolute Gasteiger partial charge is 0.435 e. The topological polar surface area (TPSA) is 114 Å². The first-order valence-electron chi connectivity index (χ1n) is 12.2.